The van der Waals surface area contributed by atoms with Crippen LogP contribution in [0.15, 0.2) is 30.3 Å². The molecular formula is C12H14N2O2. The summed E-state index contributed by atoms with van der Waals surface area (Å²) in [6, 6.07) is 6.71. The van der Waals surface area contributed by atoms with Crippen LogP contribution in [0.5, 0.6) is 0 Å². The fourth-order valence-corrected chi connectivity index (χ4v) is 1.16. The monoisotopic (exact) mass is 218 g/mol. The summed E-state index contributed by atoms with van der Waals surface area (Å²) in [5.74, 6) is -0.597. The molecule has 3 N–H and O–H groups in total. The summed E-state index contributed by atoms with van der Waals surface area (Å²) in [6.07, 6.45) is 3.12. The van der Waals surface area contributed by atoms with Crippen LogP contribution in [0, 0.1) is 0 Å². The minimum Gasteiger partial charge on any atom is -0.366 e. The first-order valence-corrected chi connectivity index (χ1v) is 4.99. The highest BCUT2D eigenvalue weighted by molar-refractivity contribution is 5.93. The van der Waals surface area contributed by atoms with Gasteiger partial charge in [-0.05, 0) is 30.7 Å². The summed E-state index contributed by atoms with van der Waals surface area (Å²) in [5.41, 5.74) is 6.40. The molecule has 0 heterocycles. The largest absolute Gasteiger partial charge is 0.366 e. The molecule has 0 aliphatic carbocycles. The van der Waals surface area contributed by atoms with E-state index in [-0.39, 0.29) is 5.91 Å². The van der Waals surface area contributed by atoms with Crippen LogP contribution in [0.2, 0.25) is 0 Å². The zero-order chi connectivity index (χ0) is 12.0. The zero-order valence-corrected chi connectivity index (χ0v) is 9.07. The Morgan fingerprint density at radius 1 is 1.31 bits per heavy atom. The Bertz CT molecular complexity index is 408. The van der Waals surface area contributed by atoms with Gasteiger partial charge in [0.05, 0.1) is 0 Å². The number of nitrogens with two attached hydrogens (primary N) is 1. The van der Waals surface area contributed by atoms with E-state index in [9.17, 15) is 9.59 Å². The Hall–Kier alpha value is -2.10. The van der Waals surface area contributed by atoms with Gasteiger partial charge in [0.2, 0.25) is 11.8 Å². The third-order valence-electron chi connectivity index (χ3n) is 1.97. The number of primary amides is 1. The van der Waals surface area contributed by atoms with Crippen molar-refractivity contribution in [2.24, 2.45) is 5.73 Å². The fraction of sp³-hybridized carbons (Fsp3) is 0.167. The van der Waals surface area contributed by atoms with Crippen molar-refractivity contribution in [3.05, 3.63) is 41.5 Å². The van der Waals surface area contributed by atoms with Crippen LogP contribution in [-0.2, 0) is 4.79 Å². The van der Waals surface area contributed by atoms with Crippen molar-refractivity contribution in [1.82, 2.24) is 5.32 Å². The quantitative estimate of drug-likeness (QED) is 0.738. The molecule has 0 atom stereocenters. The van der Waals surface area contributed by atoms with E-state index in [1.165, 1.54) is 6.08 Å². The number of carbonyl (C=O) groups excluding carboxylic acids is 2. The second kappa shape index (κ2) is 5.70. The van der Waals surface area contributed by atoms with Gasteiger partial charge in [-0.2, -0.15) is 0 Å². The maximum atomic E-state index is 11.1. The third kappa shape index (κ3) is 3.57. The number of hydrogen-bond donors (Lipinski definition) is 2. The lowest BCUT2D eigenvalue weighted by molar-refractivity contribution is -0.116. The van der Waals surface area contributed by atoms with Crippen LogP contribution in [0.1, 0.15) is 22.8 Å². The molecule has 0 saturated carbocycles. The first kappa shape index (κ1) is 12.0. The zero-order valence-electron chi connectivity index (χ0n) is 9.07. The van der Waals surface area contributed by atoms with Crippen LogP contribution in [-0.4, -0.2) is 18.4 Å². The van der Waals surface area contributed by atoms with E-state index in [1.807, 2.05) is 6.92 Å². The molecule has 4 nitrogen and oxygen atoms in total. The molecule has 0 aliphatic rings. The van der Waals surface area contributed by atoms with Gasteiger partial charge in [-0.15, -0.1) is 0 Å². The molecule has 1 rings (SSSR count). The molecule has 0 fully saturated rings. The van der Waals surface area contributed by atoms with Crippen LogP contribution in [0.4, 0.5) is 0 Å². The Balaban J connectivity index is 2.68. The minimum atomic E-state index is -0.459. The van der Waals surface area contributed by atoms with Crippen LogP contribution in [0.25, 0.3) is 6.08 Å². The molecule has 0 aromatic heterocycles. The van der Waals surface area contributed by atoms with Gasteiger partial charge in [-0.25, -0.2) is 0 Å². The Labute approximate surface area is 94.1 Å². The van der Waals surface area contributed by atoms with E-state index in [0.29, 0.717) is 12.1 Å². The second-order valence-electron chi connectivity index (χ2n) is 3.21. The first-order chi connectivity index (χ1) is 7.63. The molecule has 1 aromatic rings. The van der Waals surface area contributed by atoms with Crippen molar-refractivity contribution in [2.75, 3.05) is 6.54 Å². The lowest BCUT2D eigenvalue weighted by Gasteiger charge is -1.97. The van der Waals surface area contributed by atoms with Gasteiger partial charge >= 0.3 is 0 Å². The lowest BCUT2D eigenvalue weighted by atomic mass is 10.1. The molecular weight excluding hydrogens is 204 g/mol. The van der Waals surface area contributed by atoms with Crippen LogP contribution < -0.4 is 11.1 Å². The van der Waals surface area contributed by atoms with E-state index in [4.69, 9.17) is 5.73 Å². The molecule has 4 heteroatoms. The van der Waals surface area contributed by atoms with Crippen molar-refractivity contribution >= 4 is 17.9 Å². The van der Waals surface area contributed by atoms with E-state index in [1.54, 1.807) is 30.3 Å². The van der Waals surface area contributed by atoms with Crippen molar-refractivity contribution in [3.8, 4) is 0 Å². The summed E-state index contributed by atoms with van der Waals surface area (Å²) in [5, 5.41) is 2.65. The lowest BCUT2D eigenvalue weighted by Crippen LogP contribution is -2.19. The summed E-state index contributed by atoms with van der Waals surface area (Å²) >= 11 is 0. The van der Waals surface area contributed by atoms with Crippen molar-refractivity contribution < 1.29 is 9.59 Å². The molecule has 84 valence electrons. The van der Waals surface area contributed by atoms with Crippen LogP contribution >= 0.6 is 0 Å². The average molecular weight is 218 g/mol. The first-order valence-electron chi connectivity index (χ1n) is 4.99. The van der Waals surface area contributed by atoms with Gasteiger partial charge in [-0.1, -0.05) is 12.1 Å². The predicted molar refractivity (Wildman–Crippen MR) is 62.7 cm³/mol. The van der Waals surface area contributed by atoms with E-state index in [0.717, 1.165) is 5.56 Å². The number of rotatable bonds is 4. The highest BCUT2D eigenvalue weighted by Gasteiger charge is 1.98. The van der Waals surface area contributed by atoms with Gasteiger partial charge in [0.25, 0.3) is 0 Å². The van der Waals surface area contributed by atoms with Crippen molar-refractivity contribution in [1.29, 1.82) is 0 Å². The summed E-state index contributed by atoms with van der Waals surface area (Å²) < 4.78 is 0. The van der Waals surface area contributed by atoms with Gasteiger partial charge in [0.1, 0.15) is 0 Å². The third-order valence-corrected chi connectivity index (χ3v) is 1.97. The number of benzene rings is 1. The number of nitrogens with one attached hydrogen (secondary N) is 1. The number of likely N-dealkylation sites (N-methyl/N-ethyl adjacent to an activating group) is 1. The normalized spacial score (nSPS) is 10.3. The minimum absolute atomic E-state index is 0.138. The molecule has 16 heavy (non-hydrogen) atoms. The van der Waals surface area contributed by atoms with E-state index >= 15 is 0 Å². The maximum absolute atomic E-state index is 11.1. The Morgan fingerprint density at radius 3 is 2.44 bits per heavy atom. The van der Waals surface area contributed by atoms with E-state index in [2.05, 4.69) is 5.32 Å². The standard InChI is InChI=1S/C12H14N2O2/c1-2-14-11(15)8-5-9-3-6-10(7-4-9)12(13)16/h3-8H,2H2,1H3,(H2,13,16)(H,14,15). The van der Waals surface area contributed by atoms with Gasteiger partial charge in [0, 0.05) is 18.2 Å². The number of amides is 2. The summed E-state index contributed by atoms with van der Waals surface area (Å²) in [7, 11) is 0. The fourth-order valence-electron chi connectivity index (χ4n) is 1.16. The van der Waals surface area contributed by atoms with E-state index < -0.39 is 5.91 Å². The maximum Gasteiger partial charge on any atom is 0.248 e. The Kier molecular flexibility index (Phi) is 4.27. The smallest absolute Gasteiger partial charge is 0.248 e. The molecule has 0 saturated heterocycles. The second-order valence-corrected chi connectivity index (χ2v) is 3.21. The van der Waals surface area contributed by atoms with Gasteiger partial charge in [0.15, 0.2) is 0 Å². The highest BCUT2D eigenvalue weighted by atomic mass is 16.1. The van der Waals surface area contributed by atoms with Crippen LogP contribution in [0.3, 0.4) is 0 Å². The average Bonchev–Trinajstić information content (AvgIpc) is 2.27. The number of hydrogen-bond acceptors (Lipinski definition) is 2. The molecule has 1 aromatic carbocycles. The summed E-state index contributed by atoms with van der Waals surface area (Å²) in [6.45, 7) is 2.46. The molecule has 0 aliphatic heterocycles. The summed E-state index contributed by atoms with van der Waals surface area (Å²) in [4.78, 5) is 21.9. The van der Waals surface area contributed by atoms with Crippen molar-refractivity contribution in [2.45, 2.75) is 6.92 Å². The molecule has 0 radical (unpaired) electrons. The van der Waals surface area contributed by atoms with Gasteiger partial charge in [-0.3, -0.25) is 9.59 Å². The topological polar surface area (TPSA) is 72.2 Å². The van der Waals surface area contributed by atoms with Crippen molar-refractivity contribution in [3.63, 3.8) is 0 Å². The molecule has 0 bridgehead atoms. The molecule has 0 spiro atoms. The SMILES string of the molecule is CCNC(=O)C=Cc1ccc(C(N)=O)cc1. The molecule has 0 unspecified atom stereocenters. The Morgan fingerprint density at radius 2 is 1.94 bits per heavy atom. The molecule has 2 amide bonds. The number of carbonyl (C=O) groups is 2. The van der Waals surface area contributed by atoms with Gasteiger partial charge < -0.3 is 11.1 Å². The predicted octanol–water partition coefficient (Wildman–Crippen LogP) is 0.935. The highest BCUT2D eigenvalue weighted by Crippen LogP contribution is 2.05.